The predicted octanol–water partition coefficient (Wildman–Crippen LogP) is 2.87. The fourth-order valence-corrected chi connectivity index (χ4v) is 2.99. The van der Waals surface area contributed by atoms with Crippen molar-refractivity contribution in [2.45, 2.75) is 12.5 Å². The first-order valence-electron chi connectivity index (χ1n) is 8.30. The number of carbonyl (C=O) groups is 2. The van der Waals surface area contributed by atoms with Crippen LogP contribution < -0.4 is 5.48 Å². The topological polar surface area (TPSA) is 67.9 Å². The molecule has 1 amide bonds. The molecule has 2 aromatic carbocycles. The maximum Gasteiger partial charge on any atom is 0.329 e. The number of halogens is 1. The smallest absolute Gasteiger partial charge is 0.329 e. The highest BCUT2D eigenvalue weighted by atomic mass is 19.1. The van der Waals surface area contributed by atoms with Crippen molar-refractivity contribution in [3.63, 3.8) is 0 Å². The maximum absolute atomic E-state index is 13.9. The van der Waals surface area contributed by atoms with Crippen LogP contribution in [0, 0.1) is 5.82 Å². The molecule has 6 nitrogen and oxygen atoms in total. The van der Waals surface area contributed by atoms with Gasteiger partial charge in [-0.2, -0.15) is 0 Å². The fourth-order valence-electron chi connectivity index (χ4n) is 2.99. The molecule has 1 aliphatic rings. The van der Waals surface area contributed by atoms with Gasteiger partial charge in [0.15, 0.2) is 0 Å². The molecule has 0 radical (unpaired) electrons. The molecular formula is C20H19FN2O4. The molecule has 1 aliphatic heterocycles. The van der Waals surface area contributed by atoms with E-state index in [1.807, 2.05) is 0 Å². The monoisotopic (exact) mass is 370 g/mol. The number of carbonyl (C=O) groups excluding carboxylic acids is 2. The first-order valence-corrected chi connectivity index (χ1v) is 8.30. The second-order valence-electron chi connectivity index (χ2n) is 5.97. The van der Waals surface area contributed by atoms with E-state index in [-0.39, 0.29) is 18.1 Å². The van der Waals surface area contributed by atoms with Crippen molar-refractivity contribution in [3.05, 3.63) is 71.8 Å². The Hall–Kier alpha value is -3.19. The van der Waals surface area contributed by atoms with E-state index in [9.17, 15) is 14.0 Å². The van der Waals surface area contributed by atoms with Crippen LogP contribution in [0.5, 0.6) is 0 Å². The van der Waals surface area contributed by atoms with E-state index in [2.05, 4.69) is 5.48 Å². The van der Waals surface area contributed by atoms with E-state index in [0.717, 1.165) is 0 Å². The van der Waals surface area contributed by atoms with Gasteiger partial charge in [0.1, 0.15) is 11.9 Å². The van der Waals surface area contributed by atoms with Gasteiger partial charge in [-0.25, -0.2) is 9.18 Å². The standard InChI is InChI=1S/C20H19FN2O4/c1-26-20(25)18-11-15(22-27-2)12-23(18)19(24)14-9-7-13(8-10-14)16-5-3-4-6-17(16)21/h3-10,12,18,22H,11H2,1-2H3/t18-/m0/s1. The SMILES string of the molecule is CONC1=CN(C(=O)c2ccc(-c3ccccc3F)cc2)[C@H](C(=O)OC)C1. The lowest BCUT2D eigenvalue weighted by molar-refractivity contribution is -0.144. The quantitative estimate of drug-likeness (QED) is 0.648. The number of esters is 1. The molecule has 2 aromatic rings. The summed E-state index contributed by atoms with van der Waals surface area (Å²) >= 11 is 0. The van der Waals surface area contributed by atoms with Crippen LogP contribution in [0.4, 0.5) is 4.39 Å². The van der Waals surface area contributed by atoms with Crippen molar-refractivity contribution >= 4 is 11.9 Å². The third-order valence-electron chi connectivity index (χ3n) is 4.30. The molecule has 0 aromatic heterocycles. The minimum atomic E-state index is -0.772. The Balaban J connectivity index is 1.85. The van der Waals surface area contributed by atoms with Crippen molar-refractivity contribution in [1.82, 2.24) is 10.4 Å². The number of amides is 1. The number of methoxy groups -OCH3 is 1. The highest BCUT2D eigenvalue weighted by molar-refractivity contribution is 5.98. The van der Waals surface area contributed by atoms with Gasteiger partial charge in [-0.05, 0) is 23.8 Å². The third-order valence-corrected chi connectivity index (χ3v) is 4.30. The molecule has 3 rings (SSSR count). The highest BCUT2D eigenvalue weighted by Crippen LogP contribution is 2.26. The molecule has 1 heterocycles. The average molecular weight is 370 g/mol. The molecule has 0 aliphatic carbocycles. The largest absolute Gasteiger partial charge is 0.467 e. The maximum atomic E-state index is 13.9. The Morgan fingerprint density at radius 3 is 2.44 bits per heavy atom. The van der Waals surface area contributed by atoms with Gasteiger partial charge in [0, 0.05) is 23.7 Å². The van der Waals surface area contributed by atoms with Gasteiger partial charge in [0.05, 0.1) is 19.9 Å². The number of nitrogens with one attached hydrogen (secondary N) is 1. The van der Waals surface area contributed by atoms with Crippen LogP contribution in [0.2, 0.25) is 0 Å². The number of hydroxylamine groups is 1. The Morgan fingerprint density at radius 1 is 1.11 bits per heavy atom. The number of ether oxygens (including phenoxy) is 1. The predicted molar refractivity (Wildman–Crippen MR) is 96.7 cm³/mol. The second-order valence-corrected chi connectivity index (χ2v) is 5.97. The minimum Gasteiger partial charge on any atom is -0.467 e. The van der Waals surface area contributed by atoms with Crippen molar-refractivity contribution in [2.75, 3.05) is 14.2 Å². The van der Waals surface area contributed by atoms with Gasteiger partial charge in [-0.3, -0.25) is 20.0 Å². The molecule has 7 heteroatoms. The first-order chi connectivity index (χ1) is 13.0. The second kappa shape index (κ2) is 8.01. The summed E-state index contributed by atoms with van der Waals surface area (Å²) in [5, 5.41) is 0. The number of nitrogens with zero attached hydrogens (tertiary/aromatic N) is 1. The number of rotatable bonds is 5. The van der Waals surface area contributed by atoms with E-state index in [0.29, 0.717) is 22.4 Å². The Labute approximate surface area is 156 Å². The zero-order valence-electron chi connectivity index (χ0n) is 14.9. The highest BCUT2D eigenvalue weighted by Gasteiger charge is 2.36. The molecule has 1 N–H and O–H groups in total. The molecule has 0 saturated carbocycles. The van der Waals surface area contributed by atoms with Gasteiger partial charge in [0.25, 0.3) is 5.91 Å². The lowest BCUT2D eigenvalue weighted by Gasteiger charge is -2.21. The van der Waals surface area contributed by atoms with Crippen molar-refractivity contribution in [1.29, 1.82) is 0 Å². The number of benzene rings is 2. The van der Waals surface area contributed by atoms with Crippen molar-refractivity contribution in [3.8, 4) is 11.1 Å². The molecule has 0 fully saturated rings. The van der Waals surface area contributed by atoms with Gasteiger partial charge in [-0.15, -0.1) is 0 Å². The molecule has 27 heavy (non-hydrogen) atoms. The minimum absolute atomic E-state index is 0.263. The first kappa shape index (κ1) is 18.6. The Morgan fingerprint density at radius 2 is 1.81 bits per heavy atom. The fraction of sp³-hybridized carbons (Fsp3) is 0.200. The van der Waals surface area contributed by atoms with E-state index in [1.54, 1.807) is 42.5 Å². The van der Waals surface area contributed by atoms with Crippen LogP contribution in [0.15, 0.2) is 60.4 Å². The Bertz CT molecular complexity index is 880. The van der Waals surface area contributed by atoms with Crippen LogP contribution in [-0.4, -0.2) is 37.0 Å². The molecule has 140 valence electrons. The van der Waals surface area contributed by atoms with E-state index in [4.69, 9.17) is 9.57 Å². The number of hydrogen-bond donors (Lipinski definition) is 1. The van der Waals surface area contributed by atoms with Crippen molar-refractivity contribution < 1.29 is 23.6 Å². The van der Waals surface area contributed by atoms with Crippen LogP contribution in [-0.2, 0) is 14.4 Å². The van der Waals surface area contributed by atoms with E-state index < -0.39 is 12.0 Å². The molecule has 1 atom stereocenters. The third kappa shape index (κ3) is 3.83. The summed E-state index contributed by atoms with van der Waals surface area (Å²) in [5.41, 5.74) is 4.72. The van der Waals surface area contributed by atoms with Gasteiger partial charge in [0.2, 0.25) is 0 Å². The normalized spacial score (nSPS) is 16.0. The molecule has 0 unspecified atom stereocenters. The molecule has 0 saturated heterocycles. The number of hydrogen-bond acceptors (Lipinski definition) is 5. The van der Waals surface area contributed by atoms with Crippen LogP contribution >= 0.6 is 0 Å². The molecular weight excluding hydrogens is 351 g/mol. The zero-order chi connectivity index (χ0) is 19.4. The summed E-state index contributed by atoms with van der Waals surface area (Å²) in [6.07, 6.45) is 1.79. The van der Waals surface area contributed by atoms with Crippen molar-refractivity contribution in [2.24, 2.45) is 0 Å². The summed E-state index contributed by atoms with van der Waals surface area (Å²) in [7, 11) is 2.72. The summed E-state index contributed by atoms with van der Waals surface area (Å²) < 4.78 is 18.7. The van der Waals surface area contributed by atoms with E-state index in [1.165, 1.54) is 31.4 Å². The summed E-state index contributed by atoms with van der Waals surface area (Å²) in [6, 6.07) is 12.2. The molecule has 0 spiro atoms. The average Bonchev–Trinajstić information content (AvgIpc) is 3.11. The Kier molecular flexibility index (Phi) is 5.52. The van der Waals surface area contributed by atoms with Gasteiger partial charge in [-0.1, -0.05) is 30.3 Å². The summed E-state index contributed by atoms with van der Waals surface area (Å²) in [6.45, 7) is 0. The van der Waals surface area contributed by atoms with Crippen LogP contribution in [0.3, 0.4) is 0 Å². The lowest BCUT2D eigenvalue weighted by atomic mass is 10.0. The summed E-state index contributed by atoms with van der Waals surface area (Å²) in [5.74, 6) is -1.21. The lowest BCUT2D eigenvalue weighted by Crippen LogP contribution is -2.39. The van der Waals surface area contributed by atoms with Gasteiger partial charge < -0.3 is 4.74 Å². The molecule has 0 bridgehead atoms. The van der Waals surface area contributed by atoms with Gasteiger partial charge >= 0.3 is 5.97 Å². The zero-order valence-corrected chi connectivity index (χ0v) is 14.9. The van der Waals surface area contributed by atoms with Crippen LogP contribution in [0.1, 0.15) is 16.8 Å². The van der Waals surface area contributed by atoms with Crippen LogP contribution in [0.25, 0.3) is 11.1 Å². The summed E-state index contributed by atoms with van der Waals surface area (Å²) in [4.78, 5) is 31.1. The van der Waals surface area contributed by atoms with E-state index >= 15 is 0 Å².